The molecule has 4 heteroatoms. The molecular weight excluding hydrogens is 728 g/mol. The highest BCUT2D eigenvalue weighted by molar-refractivity contribution is 7.39. The number of hydrogen-bond acceptors (Lipinski definition) is 3. The second kappa shape index (κ2) is 32.6. The molecule has 0 fully saturated rings. The second-order valence-electron chi connectivity index (χ2n) is 17.4. The van der Waals surface area contributed by atoms with Crippen molar-refractivity contribution < 1.29 is 14.3 Å². The minimum Gasteiger partial charge on any atom is -0.427 e. The van der Waals surface area contributed by atoms with Crippen LogP contribution in [0.1, 0.15) is 230 Å². The molecule has 0 atom stereocenters. The van der Waals surface area contributed by atoms with Gasteiger partial charge in [0.2, 0.25) is 0 Å². The van der Waals surface area contributed by atoms with E-state index in [0.29, 0.717) is 5.75 Å². The lowest BCUT2D eigenvalue weighted by molar-refractivity contribution is 0.373. The fourth-order valence-corrected chi connectivity index (χ4v) is 9.38. The van der Waals surface area contributed by atoms with E-state index in [1.54, 1.807) is 0 Å². The summed E-state index contributed by atoms with van der Waals surface area (Å²) in [6, 6.07) is 20.6. The Balaban J connectivity index is 2.15. The van der Waals surface area contributed by atoms with Crippen molar-refractivity contribution in [3.63, 3.8) is 0 Å². The van der Waals surface area contributed by atoms with Crippen molar-refractivity contribution >= 4 is 8.60 Å². The first-order valence-electron chi connectivity index (χ1n) is 24.8. The number of unbranched alkanes of at least 4 members (excludes halogenated alkanes) is 24. The lowest BCUT2D eigenvalue weighted by atomic mass is 9.80. The molecule has 3 nitrogen and oxygen atoms in total. The van der Waals surface area contributed by atoms with Crippen molar-refractivity contribution in [2.45, 2.75) is 233 Å². The third-order valence-corrected chi connectivity index (χ3v) is 12.8. The van der Waals surface area contributed by atoms with Crippen LogP contribution < -0.4 is 4.52 Å². The largest absolute Gasteiger partial charge is 0.427 e. The molecule has 58 heavy (non-hydrogen) atoms. The summed E-state index contributed by atoms with van der Waals surface area (Å²) in [6.07, 6.45) is 39.9. The Labute approximate surface area is 359 Å². The van der Waals surface area contributed by atoms with E-state index in [4.69, 9.17) is 4.52 Å². The van der Waals surface area contributed by atoms with Crippen LogP contribution in [-0.2, 0) is 25.7 Å². The summed E-state index contributed by atoms with van der Waals surface area (Å²) in [7, 11) is -2.55. The van der Waals surface area contributed by atoms with Crippen molar-refractivity contribution in [2.24, 2.45) is 0 Å². The maximum absolute atomic E-state index is 10.5. The predicted octanol–water partition coefficient (Wildman–Crippen LogP) is 17.8. The summed E-state index contributed by atoms with van der Waals surface area (Å²) in [5, 5.41) is 0. The Morgan fingerprint density at radius 2 is 0.724 bits per heavy atom. The maximum Gasteiger partial charge on any atom is 0.391 e. The quantitative estimate of drug-likeness (QED) is 0.0454. The van der Waals surface area contributed by atoms with Crippen molar-refractivity contribution in [1.29, 1.82) is 0 Å². The van der Waals surface area contributed by atoms with E-state index in [-0.39, 0.29) is 0 Å². The van der Waals surface area contributed by atoms with Gasteiger partial charge in [-0.1, -0.05) is 230 Å². The summed E-state index contributed by atoms with van der Waals surface area (Å²) < 4.78 is 6.13. The van der Waals surface area contributed by atoms with Gasteiger partial charge in [0.05, 0.1) is 0 Å². The van der Waals surface area contributed by atoms with Crippen LogP contribution >= 0.6 is 8.60 Å². The molecule has 0 saturated heterocycles. The SMILES string of the molecule is CCCCCCCCCc1ccccc1-c1cc(OP(O)O)c(CCCCCCCCC)c(CCCCCCCCC)c1-c1ccccc1CCCCCCCCC. The molecule has 3 aromatic carbocycles. The fourth-order valence-electron chi connectivity index (χ4n) is 9.04. The van der Waals surface area contributed by atoms with E-state index in [1.807, 2.05) is 0 Å². The smallest absolute Gasteiger partial charge is 0.391 e. The third kappa shape index (κ3) is 19.5. The van der Waals surface area contributed by atoms with Gasteiger partial charge in [0.1, 0.15) is 5.75 Å². The monoisotopic (exact) mass is 815 g/mol. The first kappa shape index (κ1) is 50.2. The Hall–Kier alpha value is -2.19. The number of benzene rings is 3. The van der Waals surface area contributed by atoms with Gasteiger partial charge in [-0.05, 0) is 102 Å². The summed E-state index contributed by atoms with van der Waals surface area (Å²) in [5.41, 5.74) is 10.7. The number of rotatable bonds is 36. The zero-order valence-corrected chi connectivity index (χ0v) is 39.0. The predicted molar refractivity (Wildman–Crippen MR) is 256 cm³/mol. The maximum atomic E-state index is 10.5. The molecule has 2 N–H and O–H groups in total. The minimum atomic E-state index is -2.55. The molecule has 0 spiro atoms. The normalized spacial score (nSPS) is 11.6. The van der Waals surface area contributed by atoms with Crippen LogP contribution in [0.15, 0.2) is 54.6 Å². The standard InChI is InChI=1S/C54H87O3P/c1-5-9-13-17-21-25-29-37-46-39-33-35-41-48(46)52-45-53(57-58(55)56)50(43-31-27-23-19-15-11-7-3)51(44-32-28-24-20-16-12-8-4)54(52)49-42-36-34-40-47(49)38-30-26-22-18-14-10-6-2/h33-36,39-42,45,55-56H,5-32,37-38,43-44H2,1-4H3. The van der Waals surface area contributed by atoms with Gasteiger partial charge < -0.3 is 14.3 Å². The molecule has 0 radical (unpaired) electrons. The topological polar surface area (TPSA) is 49.7 Å². The molecule has 0 saturated carbocycles. The van der Waals surface area contributed by atoms with Crippen LogP contribution in [0, 0.1) is 0 Å². The third-order valence-electron chi connectivity index (χ3n) is 12.4. The molecule has 0 bridgehead atoms. The van der Waals surface area contributed by atoms with Crippen LogP contribution in [0.5, 0.6) is 5.75 Å². The summed E-state index contributed by atoms with van der Waals surface area (Å²) in [6.45, 7) is 9.17. The summed E-state index contributed by atoms with van der Waals surface area (Å²) in [4.78, 5) is 21.0. The fraction of sp³-hybridized carbons (Fsp3) is 0.667. The molecule has 0 amide bonds. The van der Waals surface area contributed by atoms with E-state index in [0.717, 1.165) is 38.5 Å². The van der Waals surface area contributed by atoms with Gasteiger partial charge in [-0.15, -0.1) is 0 Å². The van der Waals surface area contributed by atoms with Crippen LogP contribution in [0.25, 0.3) is 22.3 Å². The lowest BCUT2D eigenvalue weighted by Crippen LogP contribution is -2.07. The molecular formula is C54H87O3P. The number of aryl methyl sites for hydroxylation is 2. The van der Waals surface area contributed by atoms with E-state index < -0.39 is 8.60 Å². The average Bonchev–Trinajstić information content (AvgIpc) is 3.23. The molecule has 0 aromatic heterocycles. The van der Waals surface area contributed by atoms with E-state index in [1.165, 1.54) is 211 Å². The minimum absolute atomic E-state index is 0.689. The van der Waals surface area contributed by atoms with Gasteiger partial charge in [0, 0.05) is 0 Å². The van der Waals surface area contributed by atoms with Gasteiger partial charge >= 0.3 is 8.60 Å². The van der Waals surface area contributed by atoms with Crippen LogP contribution in [0.2, 0.25) is 0 Å². The zero-order valence-electron chi connectivity index (χ0n) is 38.1. The molecule has 0 aliphatic rings. The zero-order chi connectivity index (χ0) is 41.5. The van der Waals surface area contributed by atoms with Gasteiger partial charge in [-0.2, -0.15) is 0 Å². The summed E-state index contributed by atoms with van der Waals surface area (Å²) in [5.74, 6) is 0.689. The highest BCUT2D eigenvalue weighted by Crippen LogP contribution is 2.47. The van der Waals surface area contributed by atoms with Crippen molar-refractivity contribution in [2.75, 3.05) is 0 Å². The molecule has 0 unspecified atom stereocenters. The van der Waals surface area contributed by atoms with Crippen LogP contribution in [-0.4, -0.2) is 9.79 Å². The van der Waals surface area contributed by atoms with Gasteiger partial charge in [0.15, 0.2) is 0 Å². The van der Waals surface area contributed by atoms with Crippen LogP contribution in [0.3, 0.4) is 0 Å². The molecule has 0 aliphatic heterocycles. The van der Waals surface area contributed by atoms with Crippen molar-refractivity contribution in [1.82, 2.24) is 0 Å². The van der Waals surface area contributed by atoms with E-state index >= 15 is 0 Å². The highest BCUT2D eigenvalue weighted by atomic mass is 31.2. The number of hydrogen-bond donors (Lipinski definition) is 2. The highest BCUT2D eigenvalue weighted by Gasteiger charge is 2.25. The van der Waals surface area contributed by atoms with Gasteiger partial charge in [0.25, 0.3) is 0 Å². The first-order chi connectivity index (χ1) is 28.5. The van der Waals surface area contributed by atoms with Crippen molar-refractivity contribution in [3.8, 4) is 28.0 Å². The molecule has 0 aliphatic carbocycles. The second-order valence-corrected chi connectivity index (χ2v) is 18.1. The van der Waals surface area contributed by atoms with Gasteiger partial charge in [-0.25, -0.2) is 0 Å². The Bertz CT molecular complexity index is 1460. The van der Waals surface area contributed by atoms with E-state index in [9.17, 15) is 9.79 Å². The Morgan fingerprint density at radius 3 is 1.16 bits per heavy atom. The van der Waals surface area contributed by atoms with Crippen molar-refractivity contribution in [3.05, 3.63) is 76.9 Å². The molecule has 0 heterocycles. The average molecular weight is 815 g/mol. The van der Waals surface area contributed by atoms with Gasteiger partial charge in [-0.3, -0.25) is 0 Å². The first-order valence-corrected chi connectivity index (χ1v) is 25.9. The lowest BCUT2D eigenvalue weighted by Gasteiger charge is -2.26. The Kier molecular flexibility index (Phi) is 28.2. The van der Waals surface area contributed by atoms with Crippen LogP contribution in [0.4, 0.5) is 0 Å². The molecule has 3 aromatic rings. The Morgan fingerprint density at radius 1 is 0.379 bits per heavy atom. The molecule has 3 rings (SSSR count). The summed E-state index contributed by atoms with van der Waals surface area (Å²) >= 11 is 0. The van der Waals surface area contributed by atoms with E-state index in [2.05, 4.69) is 82.3 Å². The molecule has 326 valence electrons.